The minimum absolute atomic E-state index is 0.681. The van der Waals surface area contributed by atoms with Gasteiger partial charge in [-0.05, 0) is 13.3 Å². The fraction of sp³-hybridized carbons (Fsp3) is 0.800. The molecule has 0 saturated carbocycles. The molecule has 0 aromatic heterocycles. The summed E-state index contributed by atoms with van der Waals surface area (Å²) in [5.74, 6) is 0. The molecule has 1 N–H and O–H groups in total. The first-order chi connectivity index (χ1) is 3.30. The smallest absolute Gasteiger partial charge is 0.0398 e. The third kappa shape index (κ3) is 0.924. The van der Waals surface area contributed by atoms with Gasteiger partial charge < -0.3 is 0 Å². The molecule has 1 aliphatic rings. The van der Waals surface area contributed by atoms with Crippen molar-refractivity contribution in [3.05, 3.63) is 6.54 Å². The summed E-state index contributed by atoms with van der Waals surface area (Å²) in [6.45, 7) is 4.27. The Hall–Kier alpha value is -0.0800. The lowest BCUT2D eigenvalue weighted by atomic mass is 10.3. The molecule has 1 rings (SSSR count). The zero-order valence-electron chi connectivity index (χ0n) is 4.81. The predicted molar refractivity (Wildman–Crippen MR) is 29.3 cm³/mol. The maximum Gasteiger partial charge on any atom is 0.0398 e. The lowest BCUT2D eigenvalue weighted by molar-refractivity contribution is 0.257. The molecule has 1 unspecified atom stereocenters. The first-order valence-electron chi connectivity index (χ1n) is 2.61. The van der Waals surface area contributed by atoms with Gasteiger partial charge in [-0.15, -0.1) is 0 Å². The van der Waals surface area contributed by atoms with Crippen LogP contribution >= 0.6 is 0 Å². The molecule has 2 nitrogen and oxygen atoms in total. The van der Waals surface area contributed by atoms with Crippen LogP contribution in [0.25, 0.3) is 0 Å². The van der Waals surface area contributed by atoms with E-state index in [1.807, 2.05) is 7.05 Å². The molecule has 0 amide bonds. The number of nitrogens with one attached hydrogen (secondary N) is 1. The second kappa shape index (κ2) is 1.80. The van der Waals surface area contributed by atoms with E-state index in [1.54, 1.807) is 0 Å². The van der Waals surface area contributed by atoms with Crippen molar-refractivity contribution in [2.45, 2.75) is 19.4 Å². The van der Waals surface area contributed by atoms with Crippen molar-refractivity contribution in [3.8, 4) is 0 Å². The highest BCUT2D eigenvalue weighted by atomic mass is 15.5. The summed E-state index contributed by atoms with van der Waals surface area (Å²) in [7, 11) is 2.05. The molecular formula is C5H11N2. The van der Waals surface area contributed by atoms with Gasteiger partial charge in [-0.25, -0.2) is 5.01 Å². The van der Waals surface area contributed by atoms with Gasteiger partial charge in [-0.1, -0.05) is 0 Å². The Balaban J connectivity index is 2.33. The summed E-state index contributed by atoms with van der Waals surface area (Å²) in [4.78, 5) is 0. The third-order valence-corrected chi connectivity index (χ3v) is 1.42. The molecule has 1 fully saturated rings. The van der Waals surface area contributed by atoms with Crippen LogP contribution in [0, 0.1) is 6.54 Å². The van der Waals surface area contributed by atoms with Crippen molar-refractivity contribution in [2.24, 2.45) is 0 Å². The highest BCUT2D eigenvalue weighted by molar-refractivity contribution is 4.76. The summed E-state index contributed by atoms with van der Waals surface area (Å²) < 4.78 is 0. The highest BCUT2D eigenvalue weighted by Crippen LogP contribution is 2.06. The van der Waals surface area contributed by atoms with Gasteiger partial charge in [0.15, 0.2) is 0 Å². The molecule has 1 saturated heterocycles. The molecule has 0 aliphatic carbocycles. The Morgan fingerprint density at radius 2 is 2.57 bits per heavy atom. The van der Waals surface area contributed by atoms with Crippen LogP contribution in [-0.2, 0) is 0 Å². The van der Waals surface area contributed by atoms with Crippen molar-refractivity contribution in [2.75, 3.05) is 7.05 Å². The van der Waals surface area contributed by atoms with Gasteiger partial charge >= 0.3 is 0 Å². The molecule has 2 heteroatoms. The Kier molecular flexibility index (Phi) is 1.30. The van der Waals surface area contributed by atoms with Crippen molar-refractivity contribution in [1.82, 2.24) is 10.4 Å². The Morgan fingerprint density at radius 1 is 1.86 bits per heavy atom. The monoisotopic (exact) mass is 99.1 g/mol. The highest BCUT2D eigenvalue weighted by Gasteiger charge is 2.14. The number of nitrogens with zero attached hydrogens (tertiary/aromatic N) is 1. The van der Waals surface area contributed by atoms with Crippen LogP contribution in [0.1, 0.15) is 13.3 Å². The van der Waals surface area contributed by atoms with Gasteiger partial charge in [0, 0.05) is 19.6 Å². The van der Waals surface area contributed by atoms with Gasteiger partial charge in [0.25, 0.3) is 0 Å². The van der Waals surface area contributed by atoms with Crippen LogP contribution < -0.4 is 5.43 Å². The summed E-state index contributed by atoms with van der Waals surface area (Å²) in [5.41, 5.74) is 3.08. The van der Waals surface area contributed by atoms with Gasteiger partial charge in [0.1, 0.15) is 0 Å². The van der Waals surface area contributed by atoms with E-state index in [0.29, 0.717) is 6.04 Å². The lowest BCUT2D eigenvalue weighted by Gasteiger charge is -2.12. The van der Waals surface area contributed by atoms with E-state index in [1.165, 1.54) is 0 Å². The maximum atomic E-state index is 3.08. The van der Waals surface area contributed by atoms with E-state index in [4.69, 9.17) is 0 Å². The topological polar surface area (TPSA) is 15.3 Å². The van der Waals surface area contributed by atoms with Gasteiger partial charge in [0.05, 0.1) is 0 Å². The van der Waals surface area contributed by atoms with Crippen molar-refractivity contribution in [1.29, 1.82) is 0 Å². The van der Waals surface area contributed by atoms with Crippen molar-refractivity contribution >= 4 is 0 Å². The Morgan fingerprint density at radius 3 is 2.71 bits per heavy atom. The van der Waals surface area contributed by atoms with Gasteiger partial charge in [-0.3, -0.25) is 5.43 Å². The van der Waals surface area contributed by atoms with Crippen LogP contribution in [0.4, 0.5) is 0 Å². The summed E-state index contributed by atoms with van der Waals surface area (Å²) in [6.07, 6.45) is 1.16. The minimum Gasteiger partial charge on any atom is -0.250 e. The van der Waals surface area contributed by atoms with Crippen LogP contribution in [0.15, 0.2) is 0 Å². The zero-order valence-corrected chi connectivity index (χ0v) is 4.81. The third-order valence-electron chi connectivity index (χ3n) is 1.42. The average molecular weight is 99.2 g/mol. The van der Waals surface area contributed by atoms with Crippen molar-refractivity contribution < 1.29 is 0 Å². The number of hydrogen-bond acceptors (Lipinski definition) is 2. The SMILES string of the molecule is CC1C[CH]NN1C. The Bertz CT molecular complexity index is 55.1. The predicted octanol–water partition coefficient (Wildman–Crippen LogP) is 0.377. The first-order valence-corrected chi connectivity index (χ1v) is 2.61. The number of hydrazine groups is 1. The molecule has 0 spiro atoms. The zero-order chi connectivity index (χ0) is 5.28. The quantitative estimate of drug-likeness (QED) is 0.472. The molecule has 7 heavy (non-hydrogen) atoms. The first kappa shape index (κ1) is 5.06. The summed E-state index contributed by atoms with van der Waals surface area (Å²) in [6, 6.07) is 0.681. The average Bonchev–Trinajstić information content (AvgIpc) is 1.91. The largest absolute Gasteiger partial charge is 0.250 e. The molecule has 1 atom stereocenters. The van der Waals surface area contributed by atoms with E-state index in [9.17, 15) is 0 Å². The van der Waals surface area contributed by atoms with Crippen LogP contribution in [0.5, 0.6) is 0 Å². The molecule has 1 radical (unpaired) electrons. The second-order valence-electron chi connectivity index (χ2n) is 2.03. The normalized spacial score (nSPS) is 34.3. The maximum absolute atomic E-state index is 3.08. The van der Waals surface area contributed by atoms with E-state index in [2.05, 4.69) is 23.9 Å². The van der Waals surface area contributed by atoms with E-state index < -0.39 is 0 Å². The summed E-state index contributed by atoms with van der Waals surface area (Å²) >= 11 is 0. The van der Waals surface area contributed by atoms with Crippen LogP contribution in [-0.4, -0.2) is 18.1 Å². The minimum atomic E-state index is 0.681. The molecule has 1 heterocycles. The van der Waals surface area contributed by atoms with Gasteiger partial charge in [0.2, 0.25) is 0 Å². The molecule has 0 aromatic carbocycles. The van der Waals surface area contributed by atoms with E-state index in [0.717, 1.165) is 6.42 Å². The van der Waals surface area contributed by atoms with Crippen LogP contribution in [0.3, 0.4) is 0 Å². The fourth-order valence-corrected chi connectivity index (χ4v) is 0.653. The number of hydrogen-bond donors (Lipinski definition) is 1. The Labute approximate surface area is 44.5 Å². The van der Waals surface area contributed by atoms with E-state index >= 15 is 0 Å². The lowest BCUT2D eigenvalue weighted by Crippen LogP contribution is -2.29. The molecule has 0 aromatic rings. The van der Waals surface area contributed by atoms with E-state index in [-0.39, 0.29) is 0 Å². The molecule has 41 valence electrons. The van der Waals surface area contributed by atoms with Crippen LogP contribution in [0.2, 0.25) is 0 Å². The standard InChI is InChI=1S/C5H11N2/c1-5-3-4-6-7(5)2/h4-6H,3H2,1-2H3. The molecule has 0 bridgehead atoms. The summed E-state index contributed by atoms with van der Waals surface area (Å²) in [5, 5.41) is 2.10. The van der Waals surface area contributed by atoms with Crippen molar-refractivity contribution in [3.63, 3.8) is 0 Å². The molecular weight excluding hydrogens is 88.1 g/mol. The number of rotatable bonds is 0. The second-order valence-corrected chi connectivity index (χ2v) is 2.03. The fourth-order valence-electron chi connectivity index (χ4n) is 0.653. The van der Waals surface area contributed by atoms with Gasteiger partial charge in [-0.2, -0.15) is 0 Å². The molecule has 1 aliphatic heterocycles.